The van der Waals surface area contributed by atoms with Crippen LogP contribution in [0.1, 0.15) is 43.2 Å². The van der Waals surface area contributed by atoms with Crippen molar-refractivity contribution < 1.29 is 0 Å². The maximum atomic E-state index is 5.35. The number of rotatable bonds is 0. The van der Waals surface area contributed by atoms with E-state index in [0.29, 0.717) is 11.8 Å². The molecule has 0 amide bonds. The predicted octanol–water partition coefficient (Wildman–Crippen LogP) is 11.0. The van der Waals surface area contributed by atoms with Crippen LogP contribution in [-0.2, 0) is 6.42 Å². The molecule has 14 bridgehead atoms. The standard InChI is InChI=1S/C42H34N2/c1-2-28-4-3-27(1)29-5-9-31(10-6-29)33-13-17-35(18-14-33)39-25-23-37-21-22-38-24-26-40(44-42(38)41(37)43-39)36-19-15-34(16-20-36)32-11-7-30(28)8-12-32/h1-7,9-11,13-15,17-19,21-23,25,34,36H,8,12,16,20,24,26H2/t34-,36+/m0/s1. The lowest BCUT2D eigenvalue weighted by Gasteiger charge is -2.29. The molecule has 0 saturated carbocycles. The number of aromatic nitrogens is 1. The summed E-state index contributed by atoms with van der Waals surface area (Å²) in [6.45, 7) is 0. The van der Waals surface area contributed by atoms with Gasteiger partial charge < -0.3 is 0 Å². The molecule has 0 radical (unpaired) electrons. The normalized spacial score (nSPS) is 20.0. The summed E-state index contributed by atoms with van der Waals surface area (Å²) in [4.78, 5) is 10.6. The first-order valence-electron chi connectivity index (χ1n) is 16.1. The van der Waals surface area contributed by atoms with Gasteiger partial charge in [0.2, 0.25) is 0 Å². The highest BCUT2D eigenvalue weighted by Crippen LogP contribution is 2.40. The lowest BCUT2D eigenvalue weighted by Crippen LogP contribution is -2.21. The van der Waals surface area contributed by atoms with Gasteiger partial charge in [-0.25, -0.2) is 4.98 Å². The van der Waals surface area contributed by atoms with Gasteiger partial charge >= 0.3 is 0 Å². The van der Waals surface area contributed by atoms with Gasteiger partial charge in [-0.1, -0.05) is 121 Å². The van der Waals surface area contributed by atoms with E-state index in [1.165, 1.54) is 57.5 Å². The fourth-order valence-corrected chi connectivity index (χ4v) is 7.61. The van der Waals surface area contributed by atoms with Gasteiger partial charge in [0.1, 0.15) is 0 Å². The summed E-state index contributed by atoms with van der Waals surface area (Å²) < 4.78 is 0. The fraction of sp³-hybridized carbons (Fsp3) is 0.190. The number of fused-ring (bicyclic) bond motifs is 2. The largest absolute Gasteiger partial charge is 0.255 e. The van der Waals surface area contributed by atoms with E-state index in [2.05, 4.69) is 121 Å². The smallest absolute Gasteiger partial charge is 0.0968 e. The summed E-state index contributed by atoms with van der Waals surface area (Å²) in [5.74, 6) is 0.965. The molecule has 0 saturated heterocycles. The number of hydrogen-bond donors (Lipinski definition) is 0. The molecule has 9 aliphatic heterocycles. The molecule has 0 spiro atoms. The Bertz CT molecular complexity index is 2040. The van der Waals surface area contributed by atoms with E-state index in [1.54, 1.807) is 5.57 Å². The van der Waals surface area contributed by atoms with Crippen molar-refractivity contribution >= 4 is 27.9 Å². The van der Waals surface area contributed by atoms with Gasteiger partial charge in [-0.2, -0.15) is 0 Å². The second kappa shape index (κ2) is 10.4. The van der Waals surface area contributed by atoms with E-state index >= 15 is 0 Å². The molecular weight excluding hydrogens is 532 g/mol. The minimum absolute atomic E-state index is 0.423. The van der Waals surface area contributed by atoms with Crippen LogP contribution in [0.15, 0.2) is 132 Å². The number of allylic oxidation sites excluding steroid dienone is 6. The summed E-state index contributed by atoms with van der Waals surface area (Å²) >= 11 is 0. The molecule has 10 heterocycles. The molecule has 2 nitrogen and oxygen atoms in total. The van der Waals surface area contributed by atoms with Crippen LogP contribution < -0.4 is 0 Å². The van der Waals surface area contributed by atoms with E-state index < -0.39 is 0 Å². The van der Waals surface area contributed by atoms with E-state index in [9.17, 15) is 0 Å². The first-order chi connectivity index (χ1) is 21.7. The lowest BCUT2D eigenvalue weighted by molar-refractivity contribution is 0.543. The Morgan fingerprint density at radius 3 is 1.75 bits per heavy atom. The molecule has 0 N–H and O–H groups in total. The van der Waals surface area contributed by atoms with Crippen LogP contribution in [-0.4, -0.2) is 10.7 Å². The second-order valence-electron chi connectivity index (χ2n) is 12.8. The van der Waals surface area contributed by atoms with Crippen LogP contribution in [0.4, 0.5) is 5.69 Å². The molecule has 1 aromatic heterocycles. The molecule has 4 aromatic carbocycles. The molecule has 2 aliphatic carbocycles. The number of hydrogen-bond acceptors (Lipinski definition) is 2. The number of pyridine rings is 1. The Labute approximate surface area is 259 Å². The summed E-state index contributed by atoms with van der Waals surface area (Å²) in [5.41, 5.74) is 16.2. The van der Waals surface area contributed by atoms with E-state index in [1.807, 2.05) is 0 Å². The second-order valence-corrected chi connectivity index (χ2v) is 12.8. The zero-order valence-electron chi connectivity index (χ0n) is 24.8. The average Bonchev–Trinajstić information content (AvgIpc) is 3.11. The molecule has 2 atom stereocenters. The summed E-state index contributed by atoms with van der Waals surface area (Å²) in [5, 5.41) is 1.16. The van der Waals surface area contributed by atoms with Crippen molar-refractivity contribution in [3.05, 3.63) is 138 Å². The van der Waals surface area contributed by atoms with Gasteiger partial charge in [-0.05, 0) is 89.5 Å². The first kappa shape index (κ1) is 25.7. The lowest BCUT2D eigenvalue weighted by atomic mass is 9.78. The molecule has 11 aliphatic rings. The van der Waals surface area contributed by atoms with Crippen LogP contribution in [0, 0.1) is 11.8 Å². The van der Waals surface area contributed by atoms with Crippen LogP contribution >= 0.6 is 0 Å². The topological polar surface area (TPSA) is 25.2 Å². The zero-order chi connectivity index (χ0) is 29.0. The Morgan fingerprint density at radius 1 is 0.500 bits per heavy atom. The quantitative estimate of drug-likeness (QED) is 0.171. The third-order valence-electron chi connectivity index (χ3n) is 10.3. The van der Waals surface area contributed by atoms with Crippen molar-refractivity contribution in [2.45, 2.75) is 38.5 Å². The van der Waals surface area contributed by atoms with Crippen molar-refractivity contribution in [1.29, 1.82) is 0 Å². The number of nitrogens with zero attached hydrogens (tertiary/aromatic N) is 2. The highest BCUT2D eigenvalue weighted by atomic mass is 14.8. The summed E-state index contributed by atoms with van der Waals surface area (Å²) in [7, 11) is 0. The molecule has 16 rings (SSSR count). The van der Waals surface area contributed by atoms with Crippen molar-refractivity contribution in [2.75, 3.05) is 0 Å². The van der Waals surface area contributed by atoms with Gasteiger partial charge in [0.15, 0.2) is 0 Å². The van der Waals surface area contributed by atoms with Crippen LogP contribution in [0.2, 0.25) is 0 Å². The average molecular weight is 567 g/mol. The van der Waals surface area contributed by atoms with E-state index in [-0.39, 0.29) is 0 Å². The number of aryl methyl sites for hydroxylation is 1. The van der Waals surface area contributed by atoms with E-state index in [0.717, 1.165) is 53.5 Å². The minimum atomic E-state index is 0.423. The molecule has 0 fully saturated rings. The van der Waals surface area contributed by atoms with Gasteiger partial charge in [-0.3, -0.25) is 4.99 Å². The maximum absolute atomic E-state index is 5.35. The third-order valence-corrected chi connectivity index (χ3v) is 10.3. The minimum Gasteiger partial charge on any atom is -0.255 e. The van der Waals surface area contributed by atoms with Crippen LogP contribution in [0.25, 0.3) is 50.0 Å². The highest BCUT2D eigenvalue weighted by Gasteiger charge is 2.26. The van der Waals surface area contributed by atoms with Crippen molar-refractivity contribution in [3.8, 4) is 33.5 Å². The van der Waals surface area contributed by atoms with E-state index in [4.69, 9.17) is 9.98 Å². The molecule has 212 valence electrons. The van der Waals surface area contributed by atoms with Crippen molar-refractivity contribution in [1.82, 2.24) is 4.98 Å². The third kappa shape index (κ3) is 4.48. The molecule has 44 heavy (non-hydrogen) atoms. The molecule has 5 aromatic rings. The molecule has 2 heteroatoms. The van der Waals surface area contributed by atoms with Gasteiger partial charge in [-0.15, -0.1) is 0 Å². The molecular formula is C42H34N2. The fourth-order valence-electron chi connectivity index (χ4n) is 7.61. The van der Waals surface area contributed by atoms with Gasteiger partial charge in [0.05, 0.1) is 16.9 Å². The highest BCUT2D eigenvalue weighted by molar-refractivity contribution is 6.00. The van der Waals surface area contributed by atoms with Crippen molar-refractivity contribution in [3.63, 3.8) is 0 Å². The number of aliphatic imine (C=N–C) groups is 1. The van der Waals surface area contributed by atoms with Gasteiger partial charge in [0, 0.05) is 22.6 Å². The Balaban J connectivity index is 1.16. The Morgan fingerprint density at radius 2 is 1.11 bits per heavy atom. The Kier molecular flexibility index (Phi) is 6.07. The van der Waals surface area contributed by atoms with Gasteiger partial charge in [0.25, 0.3) is 0 Å². The summed E-state index contributed by atoms with van der Waals surface area (Å²) in [6, 6.07) is 35.7. The monoisotopic (exact) mass is 566 g/mol. The van der Waals surface area contributed by atoms with Crippen molar-refractivity contribution in [2.24, 2.45) is 16.8 Å². The maximum Gasteiger partial charge on any atom is 0.0968 e. The number of benzene rings is 4. The SMILES string of the molecule is C1=C[C@H]2CC[C@@H]1C1=Nc3c(ccc4ccc(nc34)-c3ccc(cc3)-c3ccc(cc3)-c3ccc(cc3)C3=CC=C2CC3)CC1. The summed E-state index contributed by atoms with van der Waals surface area (Å²) in [6.07, 6.45) is 16.4. The zero-order valence-corrected chi connectivity index (χ0v) is 24.8. The van der Waals surface area contributed by atoms with Crippen LogP contribution in [0.3, 0.4) is 0 Å². The molecule has 0 unspecified atom stereocenters. The first-order valence-corrected chi connectivity index (χ1v) is 16.1. The van der Waals surface area contributed by atoms with Crippen LogP contribution in [0.5, 0.6) is 0 Å². The predicted molar refractivity (Wildman–Crippen MR) is 184 cm³/mol. The Hall–Kier alpha value is -4.82.